The van der Waals surface area contributed by atoms with E-state index in [9.17, 15) is 5.26 Å². The highest BCUT2D eigenvalue weighted by Crippen LogP contribution is 2.36. The number of anilines is 2. The minimum absolute atomic E-state index is 0.305. The number of ether oxygens (including phenoxy) is 1. The van der Waals surface area contributed by atoms with Gasteiger partial charge in [-0.15, -0.1) is 10.2 Å². The molecule has 0 bridgehead atoms. The molecule has 1 aliphatic heterocycles. The number of nitriles is 1. The molecule has 2 aromatic heterocycles. The first-order chi connectivity index (χ1) is 11.6. The van der Waals surface area contributed by atoms with Gasteiger partial charge in [0.25, 0.3) is 0 Å². The van der Waals surface area contributed by atoms with Gasteiger partial charge in [0, 0.05) is 17.7 Å². The van der Waals surface area contributed by atoms with E-state index in [1.54, 1.807) is 6.33 Å². The molecule has 0 aliphatic carbocycles. The lowest BCUT2D eigenvalue weighted by Gasteiger charge is -2.33. The number of rotatable bonds is 2. The molecule has 120 valence electrons. The van der Waals surface area contributed by atoms with E-state index in [1.165, 1.54) is 0 Å². The van der Waals surface area contributed by atoms with Crippen molar-refractivity contribution in [2.45, 2.75) is 32.5 Å². The molecule has 0 saturated heterocycles. The largest absolute Gasteiger partial charge is 0.370 e. The average molecular weight is 319 g/mol. The maximum atomic E-state index is 9.83. The lowest BCUT2D eigenvalue weighted by atomic mass is 9.89. The van der Waals surface area contributed by atoms with Gasteiger partial charge in [-0.3, -0.25) is 4.40 Å². The highest BCUT2D eigenvalue weighted by molar-refractivity contribution is 5.72. The number of benzene rings is 1. The second-order valence-corrected chi connectivity index (χ2v) is 6.53. The molecule has 0 fully saturated rings. The predicted octanol–water partition coefficient (Wildman–Crippen LogP) is 3.20. The lowest BCUT2D eigenvalue weighted by molar-refractivity contribution is -0.0397. The van der Waals surface area contributed by atoms with Gasteiger partial charge in [0.15, 0.2) is 5.65 Å². The van der Waals surface area contributed by atoms with Crippen LogP contribution in [-0.2, 0) is 17.8 Å². The summed E-state index contributed by atoms with van der Waals surface area (Å²) in [6.45, 7) is 4.51. The third-order valence-corrected chi connectivity index (χ3v) is 4.32. The van der Waals surface area contributed by atoms with Crippen molar-refractivity contribution in [3.8, 4) is 6.07 Å². The molecule has 3 aromatic rings. The fourth-order valence-corrected chi connectivity index (χ4v) is 3.15. The van der Waals surface area contributed by atoms with Gasteiger partial charge in [0.2, 0.25) is 0 Å². The fraction of sp³-hybridized carbons (Fsp3) is 0.278. The molecule has 0 spiro atoms. The Morgan fingerprint density at radius 1 is 1.25 bits per heavy atom. The zero-order chi connectivity index (χ0) is 16.7. The van der Waals surface area contributed by atoms with Crippen molar-refractivity contribution < 1.29 is 4.74 Å². The Morgan fingerprint density at radius 3 is 2.79 bits per heavy atom. The van der Waals surface area contributed by atoms with Gasteiger partial charge in [0.1, 0.15) is 18.2 Å². The monoisotopic (exact) mass is 319 g/mol. The molecule has 24 heavy (non-hydrogen) atoms. The lowest BCUT2D eigenvalue weighted by Crippen LogP contribution is -2.33. The third-order valence-electron chi connectivity index (χ3n) is 4.32. The molecule has 1 aromatic carbocycles. The van der Waals surface area contributed by atoms with Crippen LogP contribution in [0.5, 0.6) is 0 Å². The van der Waals surface area contributed by atoms with Crippen LogP contribution in [-0.4, -0.2) is 20.2 Å². The highest BCUT2D eigenvalue weighted by Gasteiger charge is 2.32. The third kappa shape index (κ3) is 2.30. The summed E-state index contributed by atoms with van der Waals surface area (Å²) in [5, 5.41) is 21.5. The van der Waals surface area contributed by atoms with Crippen LogP contribution in [0.4, 0.5) is 11.5 Å². The van der Waals surface area contributed by atoms with Crippen molar-refractivity contribution in [3.05, 3.63) is 53.3 Å². The minimum Gasteiger partial charge on any atom is -0.370 e. The van der Waals surface area contributed by atoms with Crippen LogP contribution in [0.25, 0.3) is 5.65 Å². The summed E-state index contributed by atoms with van der Waals surface area (Å²) in [6.07, 6.45) is 2.29. The Hall–Kier alpha value is -2.91. The molecule has 0 saturated carbocycles. The summed E-state index contributed by atoms with van der Waals surface area (Å²) in [5.74, 6) is 0.695. The molecular formula is C18H17N5O. The van der Waals surface area contributed by atoms with Crippen LogP contribution < -0.4 is 5.32 Å². The molecule has 3 heterocycles. The van der Waals surface area contributed by atoms with Gasteiger partial charge in [0.05, 0.1) is 17.8 Å². The highest BCUT2D eigenvalue weighted by atomic mass is 16.5. The van der Waals surface area contributed by atoms with Crippen LogP contribution in [0.2, 0.25) is 0 Å². The quantitative estimate of drug-likeness (QED) is 0.785. The summed E-state index contributed by atoms with van der Waals surface area (Å²) >= 11 is 0. The maximum absolute atomic E-state index is 9.83. The van der Waals surface area contributed by atoms with Crippen molar-refractivity contribution in [2.75, 3.05) is 5.32 Å². The van der Waals surface area contributed by atoms with E-state index in [2.05, 4.69) is 21.6 Å². The number of fused-ring (bicyclic) bond motifs is 3. The number of nitrogens with one attached hydrogen (secondary N) is 1. The van der Waals surface area contributed by atoms with Gasteiger partial charge >= 0.3 is 0 Å². The second kappa shape index (κ2) is 5.32. The standard InChI is InChI=1S/C18H17N5O/c1-18(2)8-13-14(9-19)16(21-12-6-4-3-5-7-12)23-11-20-22-17(23)15(13)10-24-18/h3-7,11,21H,8,10H2,1-2H3. The van der Waals surface area contributed by atoms with Gasteiger partial charge in [-0.2, -0.15) is 5.26 Å². The van der Waals surface area contributed by atoms with Crippen LogP contribution in [0.15, 0.2) is 36.7 Å². The predicted molar refractivity (Wildman–Crippen MR) is 90.0 cm³/mol. The molecule has 4 rings (SSSR count). The van der Waals surface area contributed by atoms with E-state index in [1.807, 2.05) is 48.6 Å². The van der Waals surface area contributed by atoms with Crippen LogP contribution >= 0.6 is 0 Å². The maximum Gasteiger partial charge on any atom is 0.168 e. The molecule has 0 amide bonds. The zero-order valence-electron chi connectivity index (χ0n) is 13.6. The first-order valence-corrected chi connectivity index (χ1v) is 7.82. The molecule has 6 heteroatoms. The van der Waals surface area contributed by atoms with Gasteiger partial charge in [-0.1, -0.05) is 18.2 Å². The zero-order valence-corrected chi connectivity index (χ0v) is 13.6. The smallest absolute Gasteiger partial charge is 0.168 e. The molecule has 1 N–H and O–H groups in total. The number of hydrogen-bond acceptors (Lipinski definition) is 5. The van der Waals surface area contributed by atoms with Crippen molar-refractivity contribution in [3.63, 3.8) is 0 Å². The molecule has 1 aliphatic rings. The number of aromatic nitrogens is 3. The number of para-hydroxylation sites is 1. The Bertz CT molecular complexity index is 953. The second-order valence-electron chi connectivity index (χ2n) is 6.53. The van der Waals surface area contributed by atoms with E-state index in [0.717, 1.165) is 22.5 Å². The molecule has 0 radical (unpaired) electrons. The van der Waals surface area contributed by atoms with Crippen molar-refractivity contribution >= 4 is 17.2 Å². The van der Waals surface area contributed by atoms with Crippen molar-refractivity contribution in [1.29, 1.82) is 5.26 Å². The molecular weight excluding hydrogens is 302 g/mol. The van der Waals surface area contributed by atoms with E-state index in [0.29, 0.717) is 24.4 Å². The molecule has 0 atom stereocenters. The Morgan fingerprint density at radius 2 is 2.04 bits per heavy atom. The van der Waals surface area contributed by atoms with E-state index in [4.69, 9.17) is 4.74 Å². The van der Waals surface area contributed by atoms with Crippen molar-refractivity contribution in [1.82, 2.24) is 14.6 Å². The number of nitrogens with zero attached hydrogens (tertiary/aromatic N) is 4. The van der Waals surface area contributed by atoms with E-state index < -0.39 is 0 Å². The van der Waals surface area contributed by atoms with Gasteiger partial charge in [-0.25, -0.2) is 0 Å². The van der Waals surface area contributed by atoms with Gasteiger partial charge in [-0.05, 0) is 31.5 Å². The Kier molecular flexibility index (Phi) is 3.25. The summed E-state index contributed by atoms with van der Waals surface area (Å²) < 4.78 is 7.74. The number of pyridine rings is 1. The Balaban J connectivity index is 1.96. The summed E-state index contributed by atoms with van der Waals surface area (Å²) in [6, 6.07) is 12.2. The van der Waals surface area contributed by atoms with E-state index >= 15 is 0 Å². The van der Waals surface area contributed by atoms with Gasteiger partial charge < -0.3 is 10.1 Å². The molecule has 0 unspecified atom stereocenters. The normalized spacial score (nSPS) is 15.7. The number of hydrogen-bond donors (Lipinski definition) is 1. The summed E-state index contributed by atoms with van der Waals surface area (Å²) in [4.78, 5) is 0. The minimum atomic E-state index is -0.305. The van der Waals surface area contributed by atoms with Crippen molar-refractivity contribution in [2.24, 2.45) is 0 Å². The topological polar surface area (TPSA) is 75.2 Å². The summed E-state index contributed by atoms with van der Waals surface area (Å²) in [7, 11) is 0. The SMILES string of the molecule is CC1(C)Cc2c(C#N)c(Nc3ccccc3)n3cnnc3c2CO1. The van der Waals surface area contributed by atoms with E-state index in [-0.39, 0.29) is 5.60 Å². The van der Waals surface area contributed by atoms with Crippen LogP contribution in [0.3, 0.4) is 0 Å². The fourth-order valence-electron chi connectivity index (χ4n) is 3.15. The van der Waals surface area contributed by atoms with Crippen LogP contribution in [0, 0.1) is 11.3 Å². The first kappa shape index (κ1) is 14.7. The average Bonchev–Trinajstić information content (AvgIpc) is 3.04. The van der Waals surface area contributed by atoms with Crippen LogP contribution in [0.1, 0.15) is 30.5 Å². The summed E-state index contributed by atoms with van der Waals surface area (Å²) in [5.41, 5.74) is 3.90. The Labute approximate surface area is 139 Å². The molecule has 6 nitrogen and oxygen atoms in total. The first-order valence-electron chi connectivity index (χ1n) is 7.82.